The predicted molar refractivity (Wildman–Crippen MR) is 120 cm³/mol. The lowest BCUT2D eigenvalue weighted by atomic mass is 10.1. The Bertz CT molecular complexity index is 1020. The van der Waals surface area contributed by atoms with Crippen molar-refractivity contribution in [3.63, 3.8) is 0 Å². The minimum Gasteiger partial charge on any atom is -0.508 e. The van der Waals surface area contributed by atoms with E-state index in [1.54, 1.807) is 30.3 Å². The Morgan fingerprint density at radius 1 is 0.903 bits per heavy atom. The molecule has 0 radical (unpaired) electrons. The predicted octanol–water partition coefficient (Wildman–Crippen LogP) is 3.94. The Morgan fingerprint density at radius 3 is 2.10 bits per heavy atom. The van der Waals surface area contributed by atoms with Gasteiger partial charge in [-0.25, -0.2) is 0 Å². The molecule has 3 aromatic carbocycles. The van der Waals surface area contributed by atoms with E-state index in [2.05, 4.69) is 35.2 Å². The Hall–Kier alpha value is -2.71. The van der Waals surface area contributed by atoms with Crippen LogP contribution in [0.25, 0.3) is 0 Å². The van der Waals surface area contributed by atoms with Crippen LogP contribution in [-0.2, 0) is 21.3 Å². The number of phenolic OH excluding ortho intramolecular Hbond substituents is 1. The third-order valence-corrected chi connectivity index (χ3v) is 5.88. The third-order valence-electron chi connectivity index (χ3n) is 5.02. The van der Waals surface area contributed by atoms with Gasteiger partial charge in [-0.3, -0.25) is 9.45 Å². The first-order chi connectivity index (χ1) is 14.9. The average Bonchev–Trinajstić information content (AvgIpc) is 2.80. The van der Waals surface area contributed by atoms with Crippen molar-refractivity contribution < 1.29 is 22.8 Å². The van der Waals surface area contributed by atoms with E-state index < -0.39 is 10.1 Å². The highest BCUT2D eigenvalue weighted by atomic mass is 32.2. The first-order valence-electron chi connectivity index (χ1n) is 10.1. The van der Waals surface area contributed by atoms with Crippen LogP contribution >= 0.6 is 0 Å². The first kappa shape index (κ1) is 23.0. The molecule has 1 aliphatic rings. The molecular formula is C24H27NO5S. The van der Waals surface area contributed by atoms with E-state index in [1.165, 1.54) is 17.7 Å². The molecule has 0 spiro atoms. The molecule has 1 heterocycles. The maximum absolute atomic E-state index is 10.4. The summed E-state index contributed by atoms with van der Waals surface area (Å²) in [5.41, 5.74) is 2.52. The molecule has 1 atom stereocenters. The zero-order valence-corrected chi connectivity index (χ0v) is 18.0. The fourth-order valence-electron chi connectivity index (χ4n) is 3.32. The highest BCUT2D eigenvalue weighted by molar-refractivity contribution is 7.85. The summed E-state index contributed by atoms with van der Waals surface area (Å²) < 4.78 is 35.1. The van der Waals surface area contributed by atoms with Crippen LogP contribution < -0.4 is 0 Å². The molecule has 0 unspecified atom stereocenters. The Kier molecular flexibility index (Phi) is 8.20. The monoisotopic (exact) mass is 441 g/mol. The highest BCUT2D eigenvalue weighted by Crippen LogP contribution is 2.24. The zero-order chi connectivity index (χ0) is 22.1. The van der Waals surface area contributed by atoms with Crippen LogP contribution in [0.3, 0.4) is 0 Å². The van der Waals surface area contributed by atoms with Crippen molar-refractivity contribution in [2.24, 2.45) is 0 Å². The first-order valence-corrected chi connectivity index (χ1v) is 11.5. The molecule has 0 aliphatic carbocycles. The lowest BCUT2D eigenvalue weighted by Crippen LogP contribution is -2.39. The molecule has 1 fully saturated rings. The highest BCUT2D eigenvalue weighted by Gasteiger charge is 2.21. The van der Waals surface area contributed by atoms with Gasteiger partial charge in [0.2, 0.25) is 0 Å². The molecular weight excluding hydrogens is 414 g/mol. The van der Waals surface area contributed by atoms with Gasteiger partial charge in [-0.15, -0.1) is 0 Å². The normalized spacial score (nSPS) is 16.9. The molecule has 2 N–H and O–H groups in total. The molecule has 0 saturated carbocycles. The molecule has 1 saturated heterocycles. The fraction of sp³-hybridized carbons (Fsp3) is 0.250. The number of benzene rings is 3. The quantitative estimate of drug-likeness (QED) is 0.583. The summed E-state index contributed by atoms with van der Waals surface area (Å²) in [6, 6.07) is 25.4. The smallest absolute Gasteiger partial charge is 0.294 e. The average molecular weight is 442 g/mol. The summed E-state index contributed by atoms with van der Waals surface area (Å²) in [5.74, 6) is 0.301. The molecule has 31 heavy (non-hydrogen) atoms. The molecule has 164 valence electrons. The van der Waals surface area contributed by atoms with Gasteiger partial charge in [-0.2, -0.15) is 8.42 Å². The molecule has 4 rings (SSSR count). The SMILES string of the molecule is O=S(=O)(O)c1ccccc1.Oc1ccc([C@@H]2CN(CCc3ccccc3)CCO2)cc1. The molecule has 7 heteroatoms. The van der Waals surface area contributed by atoms with Crippen molar-refractivity contribution in [2.45, 2.75) is 17.4 Å². The van der Waals surface area contributed by atoms with Gasteiger partial charge < -0.3 is 9.84 Å². The standard InChI is InChI=1S/C18H21NO2.C6H6O3S/c20-17-8-6-16(7-9-17)18-14-19(12-13-21-18)11-10-15-4-2-1-3-5-15;7-10(8,9)6-4-2-1-3-5-6/h1-9,18,20H,10-14H2;1-5H,(H,7,8,9)/t18-;/m0./s1. The van der Waals surface area contributed by atoms with E-state index >= 15 is 0 Å². The van der Waals surface area contributed by atoms with Gasteiger partial charge in [-0.05, 0) is 41.8 Å². The van der Waals surface area contributed by atoms with Crippen LogP contribution in [0.5, 0.6) is 5.75 Å². The van der Waals surface area contributed by atoms with Crippen LogP contribution in [0.1, 0.15) is 17.2 Å². The number of hydrogen-bond donors (Lipinski definition) is 2. The topological polar surface area (TPSA) is 87.1 Å². The minimum absolute atomic E-state index is 0.0741. The van der Waals surface area contributed by atoms with Gasteiger partial charge in [0, 0.05) is 19.6 Å². The Labute approximate surface area is 183 Å². The van der Waals surface area contributed by atoms with Crippen LogP contribution in [0.4, 0.5) is 0 Å². The van der Waals surface area contributed by atoms with E-state index in [-0.39, 0.29) is 11.0 Å². The van der Waals surface area contributed by atoms with Crippen LogP contribution in [0.2, 0.25) is 0 Å². The van der Waals surface area contributed by atoms with E-state index in [0.717, 1.165) is 38.2 Å². The van der Waals surface area contributed by atoms with E-state index in [1.807, 2.05) is 12.1 Å². The van der Waals surface area contributed by atoms with Crippen molar-refractivity contribution in [1.29, 1.82) is 0 Å². The molecule has 0 aromatic heterocycles. The van der Waals surface area contributed by atoms with Gasteiger partial charge in [-0.1, -0.05) is 60.7 Å². The van der Waals surface area contributed by atoms with Crippen LogP contribution in [0.15, 0.2) is 89.8 Å². The number of aromatic hydroxyl groups is 1. The van der Waals surface area contributed by atoms with Gasteiger partial charge in [0.25, 0.3) is 10.1 Å². The summed E-state index contributed by atoms with van der Waals surface area (Å²) in [7, 11) is -4.00. The van der Waals surface area contributed by atoms with Crippen molar-refractivity contribution in [1.82, 2.24) is 4.90 Å². The van der Waals surface area contributed by atoms with E-state index in [9.17, 15) is 13.5 Å². The van der Waals surface area contributed by atoms with Crippen molar-refractivity contribution >= 4 is 10.1 Å². The van der Waals surface area contributed by atoms with Crippen LogP contribution in [0, 0.1) is 0 Å². The molecule has 0 amide bonds. The van der Waals surface area contributed by atoms with Gasteiger partial charge in [0.05, 0.1) is 17.6 Å². The van der Waals surface area contributed by atoms with Crippen LogP contribution in [-0.4, -0.2) is 49.2 Å². The Morgan fingerprint density at radius 2 is 1.52 bits per heavy atom. The maximum Gasteiger partial charge on any atom is 0.294 e. The van der Waals surface area contributed by atoms with Crippen molar-refractivity contribution in [3.05, 3.63) is 96.1 Å². The molecule has 6 nitrogen and oxygen atoms in total. The number of hydrogen-bond acceptors (Lipinski definition) is 5. The molecule has 0 bridgehead atoms. The number of rotatable bonds is 5. The maximum atomic E-state index is 10.4. The second-order valence-corrected chi connectivity index (χ2v) is 8.70. The largest absolute Gasteiger partial charge is 0.508 e. The second-order valence-electron chi connectivity index (χ2n) is 7.28. The van der Waals surface area contributed by atoms with E-state index in [4.69, 9.17) is 9.29 Å². The number of nitrogens with zero attached hydrogens (tertiary/aromatic N) is 1. The summed E-state index contributed by atoms with van der Waals surface area (Å²) >= 11 is 0. The minimum atomic E-state index is -4.00. The third kappa shape index (κ3) is 7.48. The summed E-state index contributed by atoms with van der Waals surface area (Å²) in [6.45, 7) is 3.72. The number of morpholine rings is 1. The Balaban J connectivity index is 0.000000229. The van der Waals surface area contributed by atoms with Crippen molar-refractivity contribution in [3.8, 4) is 5.75 Å². The van der Waals surface area contributed by atoms with Gasteiger partial charge in [0.15, 0.2) is 0 Å². The second kappa shape index (κ2) is 11.1. The fourth-order valence-corrected chi connectivity index (χ4v) is 3.82. The van der Waals surface area contributed by atoms with Gasteiger partial charge in [0.1, 0.15) is 5.75 Å². The van der Waals surface area contributed by atoms with Gasteiger partial charge >= 0.3 is 0 Å². The lowest BCUT2D eigenvalue weighted by Gasteiger charge is -2.33. The molecule has 1 aliphatic heterocycles. The zero-order valence-electron chi connectivity index (χ0n) is 17.2. The van der Waals surface area contributed by atoms with Crippen molar-refractivity contribution in [2.75, 3.05) is 26.2 Å². The summed E-state index contributed by atoms with van der Waals surface area (Å²) in [5, 5.41) is 9.37. The number of phenols is 1. The summed E-state index contributed by atoms with van der Waals surface area (Å²) in [4.78, 5) is 2.38. The van der Waals surface area contributed by atoms with E-state index in [0.29, 0.717) is 5.75 Å². The molecule has 3 aromatic rings. The lowest BCUT2D eigenvalue weighted by molar-refractivity contribution is -0.0295. The summed E-state index contributed by atoms with van der Waals surface area (Å²) in [6.07, 6.45) is 1.18. The number of ether oxygens (including phenoxy) is 1.